The summed E-state index contributed by atoms with van der Waals surface area (Å²) in [6.45, 7) is 6.58. The highest BCUT2D eigenvalue weighted by molar-refractivity contribution is 5.66. The molecule has 0 bridgehead atoms. The van der Waals surface area contributed by atoms with E-state index in [1.807, 2.05) is 6.08 Å². The smallest absolute Gasteiger partial charge is 0.302 e. The number of nitro groups is 1. The van der Waals surface area contributed by atoms with E-state index in [2.05, 4.69) is 19.9 Å². The fraction of sp³-hybridized carbons (Fsp3) is 0.800. The maximum absolute atomic E-state index is 12.3. The number of nitrogens with zero attached hydrogens (tertiary/aromatic N) is 1. The third-order valence-electron chi connectivity index (χ3n) is 9.81. The number of hydrogen-bond donors (Lipinski definition) is 1. The Labute approximate surface area is 194 Å². The predicted molar refractivity (Wildman–Crippen MR) is 119 cm³/mol. The van der Waals surface area contributed by atoms with Crippen LogP contribution in [-0.2, 0) is 19.0 Å². The Bertz CT molecular complexity index is 922. The highest BCUT2D eigenvalue weighted by Crippen LogP contribution is 2.68. The molecule has 1 N–H and O–H groups in total. The van der Waals surface area contributed by atoms with E-state index in [0.29, 0.717) is 38.9 Å². The predicted octanol–water partition coefficient (Wildman–Crippen LogP) is 3.55. The van der Waals surface area contributed by atoms with Crippen molar-refractivity contribution < 1.29 is 29.0 Å². The first-order chi connectivity index (χ1) is 15.5. The van der Waals surface area contributed by atoms with Crippen molar-refractivity contribution in [3.8, 4) is 0 Å². The molecule has 1 spiro atoms. The first-order valence-electron chi connectivity index (χ1n) is 12.2. The lowest BCUT2D eigenvalue weighted by molar-refractivity contribution is -0.517. The fourth-order valence-electron chi connectivity index (χ4n) is 7.87. The van der Waals surface area contributed by atoms with Crippen LogP contribution >= 0.6 is 0 Å². The van der Waals surface area contributed by atoms with Crippen molar-refractivity contribution in [3.63, 3.8) is 0 Å². The molecule has 8 heteroatoms. The maximum atomic E-state index is 12.3. The van der Waals surface area contributed by atoms with Crippen molar-refractivity contribution in [1.29, 1.82) is 0 Å². The molecular formula is C25H35NO7. The summed E-state index contributed by atoms with van der Waals surface area (Å²) in [5.41, 5.74) is 0.411. The van der Waals surface area contributed by atoms with Gasteiger partial charge >= 0.3 is 5.97 Å². The molecule has 0 aromatic carbocycles. The summed E-state index contributed by atoms with van der Waals surface area (Å²) in [6, 6.07) is -1.04. The Balaban J connectivity index is 1.43. The molecule has 0 amide bonds. The molecule has 5 aliphatic rings. The Morgan fingerprint density at radius 1 is 1.18 bits per heavy atom. The number of carbonyl (C=O) groups is 1. The quantitative estimate of drug-likeness (QED) is 0.295. The average Bonchev–Trinajstić information content (AvgIpc) is 3.34. The Morgan fingerprint density at radius 3 is 2.55 bits per heavy atom. The van der Waals surface area contributed by atoms with E-state index in [0.717, 1.165) is 24.8 Å². The van der Waals surface area contributed by atoms with Crippen LogP contribution in [-0.4, -0.2) is 53.2 Å². The maximum Gasteiger partial charge on any atom is 0.302 e. The number of esters is 1. The summed E-state index contributed by atoms with van der Waals surface area (Å²) >= 11 is 0. The second-order valence-corrected chi connectivity index (χ2v) is 11.1. The van der Waals surface area contributed by atoms with Crippen LogP contribution in [0.5, 0.6) is 0 Å². The van der Waals surface area contributed by atoms with Crippen LogP contribution in [0.2, 0.25) is 0 Å². The molecule has 1 heterocycles. The largest absolute Gasteiger partial charge is 0.458 e. The van der Waals surface area contributed by atoms with E-state index < -0.39 is 23.4 Å². The number of ether oxygens (including phenoxy) is 3. The Kier molecular flexibility index (Phi) is 5.31. The van der Waals surface area contributed by atoms with Gasteiger partial charge in [-0.15, -0.1) is 0 Å². The van der Waals surface area contributed by atoms with E-state index in [1.165, 1.54) is 12.5 Å². The zero-order chi connectivity index (χ0) is 23.6. The number of rotatable bonds is 4. The van der Waals surface area contributed by atoms with Crippen molar-refractivity contribution in [2.45, 2.75) is 83.1 Å². The van der Waals surface area contributed by atoms with Crippen LogP contribution < -0.4 is 0 Å². The van der Waals surface area contributed by atoms with Gasteiger partial charge in [0.25, 0.3) is 6.04 Å². The van der Waals surface area contributed by atoms with Crippen molar-refractivity contribution in [1.82, 2.24) is 0 Å². The van der Waals surface area contributed by atoms with Crippen LogP contribution in [0.3, 0.4) is 0 Å². The van der Waals surface area contributed by atoms with Crippen LogP contribution in [0.1, 0.15) is 65.7 Å². The molecule has 0 radical (unpaired) electrons. The zero-order valence-corrected chi connectivity index (χ0v) is 19.8. The van der Waals surface area contributed by atoms with Crippen LogP contribution in [0.15, 0.2) is 23.3 Å². The average molecular weight is 462 g/mol. The van der Waals surface area contributed by atoms with Gasteiger partial charge in [0, 0.05) is 35.7 Å². The molecule has 2 saturated carbocycles. The van der Waals surface area contributed by atoms with Crippen molar-refractivity contribution in [2.24, 2.45) is 22.7 Å². The summed E-state index contributed by atoms with van der Waals surface area (Å²) in [5.74, 6) is -0.895. The topological polar surface area (TPSA) is 108 Å². The number of fused-ring (bicyclic) bond motifs is 5. The summed E-state index contributed by atoms with van der Waals surface area (Å²) in [4.78, 5) is 22.9. The van der Waals surface area contributed by atoms with Gasteiger partial charge in [0.05, 0.1) is 18.8 Å². The van der Waals surface area contributed by atoms with E-state index in [1.54, 1.807) is 0 Å². The molecule has 3 fully saturated rings. The van der Waals surface area contributed by atoms with E-state index in [4.69, 9.17) is 14.2 Å². The summed E-state index contributed by atoms with van der Waals surface area (Å²) in [6.07, 6.45) is 9.31. The van der Waals surface area contributed by atoms with E-state index in [9.17, 15) is 20.0 Å². The fourth-order valence-corrected chi connectivity index (χ4v) is 7.87. The van der Waals surface area contributed by atoms with Crippen molar-refractivity contribution >= 4 is 5.97 Å². The highest BCUT2D eigenvalue weighted by atomic mass is 16.7. The molecule has 182 valence electrons. The molecule has 8 nitrogen and oxygen atoms in total. The first kappa shape index (κ1) is 23.0. The van der Waals surface area contributed by atoms with E-state index in [-0.39, 0.29) is 34.2 Å². The Hall–Kier alpha value is -1.77. The number of aliphatic hydroxyl groups is 1. The standard InChI is InChI=1S/C25H35NO7/c1-16(27)31-15-21(26(29)30)20-7-6-18-19-5-4-17-14-24(32-12-13-33-24)10-9-23(17,3)25(19,28)11-8-22(18,20)2/h4,7,18-19,21,28H,5-6,8-15H2,1-3H3/t18-,19-,21?,22-,23-,25+/m0/s1. The van der Waals surface area contributed by atoms with Gasteiger partial charge in [0.1, 0.15) is 0 Å². The lowest BCUT2D eigenvalue weighted by Gasteiger charge is -2.63. The molecular weight excluding hydrogens is 426 g/mol. The summed E-state index contributed by atoms with van der Waals surface area (Å²) < 4.78 is 17.0. The molecule has 1 unspecified atom stereocenters. The second-order valence-electron chi connectivity index (χ2n) is 11.1. The molecule has 0 aromatic heterocycles. The van der Waals surface area contributed by atoms with Crippen molar-refractivity contribution in [3.05, 3.63) is 33.4 Å². The second kappa shape index (κ2) is 7.62. The molecule has 5 rings (SSSR count). The molecule has 4 aliphatic carbocycles. The molecule has 33 heavy (non-hydrogen) atoms. The third kappa shape index (κ3) is 3.24. The minimum Gasteiger partial charge on any atom is -0.458 e. The minimum atomic E-state index is -1.04. The third-order valence-corrected chi connectivity index (χ3v) is 9.81. The number of carbonyl (C=O) groups excluding carboxylic acids is 1. The van der Waals surface area contributed by atoms with Gasteiger partial charge in [-0.25, -0.2) is 0 Å². The van der Waals surface area contributed by atoms with Gasteiger partial charge in [-0.05, 0) is 49.4 Å². The van der Waals surface area contributed by atoms with E-state index >= 15 is 0 Å². The molecule has 1 saturated heterocycles. The van der Waals surface area contributed by atoms with Crippen molar-refractivity contribution in [2.75, 3.05) is 19.8 Å². The highest BCUT2D eigenvalue weighted by Gasteiger charge is 2.66. The first-order valence-corrected chi connectivity index (χ1v) is 12.2. The van der Waals surface area contributed by atoms with Crippen LogP contribution in [0.4, 0.5) is 0 Å². The summed E-state index contributed by atoms with van der Waals surface area (Å²) in [5, 5.41) is 24.2. The molecule has 6 atom stereocenters. The Morgan fingerprint density at radius 2 is 1.88 bits per heavy atom. The van der Waals surface area contributed by atoms with Crippen LogP contribution in [0.25, 0.3) is 0 Å². The summed E-state index contributed by atoms with van der Waals surface area (Å²) in [7, 11) is 0. The minimum absolute atomic E-state index is 0.0272. The van der Waals surface area contributed by atoms with Crippen LogP contribution in [0, 0.1) is 32.8 Å². The van der Waals surface area contributed by atoms with Gasteiger partial charge in [0.15, 0.2) is 12.4 Å². The van der Waals surface area contributed by atoms with Gasteiger partial charge in [0.2, 0.25) is 0 Å². The SMILES string of the molecule is CC(=O)OCC(C1=CC[C@H]2[C@@H]3CC=C4CC5(CC[C@]4(C)[C@@]3(O)CC[C@]12C)OCCO5)[N+](=O)[O-]. The lowest BCUT2D eigenvalue weighted by atomic mass is 9.44. The zero-order valence-electron chi connectivity index (χ0n) is 19.8. The van der Waals surface area contributed by atoms with Gasteiger partial charge in [-0.2, -0.15) is 0 Å². The normalized spacial score (nSPS) is 41.9. The van der Waals surface area contributed by atoms with Gasteiger partial charge in [-0.1, -0.05) is 31.6 Å². The van der Waals surface area contributed by atoms with Gasteiger partial charge in [-0.3, -0.25) is 14.9 Å². The lowest BCUT2D eigenvalue weighted by Crippen LogP contribution is -2.63. The number of allylic oxidation sites excluding steroid dienone is 2. The molecule has 1 aliphatic heterocycles. The monoisotopic (exact) mass is 461 g/mol. The van der Waals surface area contributed by atoms with Gasteiger partial charge < -0.3 is 19.3 Å². The molecule has 0 aromatic rings. The number of hydrogen-bond acceptors (Lipinski definition) is 7.